The van der Waals surface area contributed by atoms with E-state index >= 15 is 0 Å². The molecule has 0 bridgehead atoms. The number of nitrogens with zero attached hydrogens (tertiary/aromatic N) is 5. The maximum Gasteiger partial charge on any atom is 0.163 e. The first-order valence-electron chi connectivity index (χ1n) is 9.19. The van der Waals surface area contributed by atoms with Crippen molar-refractivity contribution in [3.63, 3.8) is 0 Å². The van der Waals surface area contributed by atoms with Gasteiger partial charge in [-0.1, -0.05) is 6.92 Å². The van der Waals surface area contributed by atoms with Gasteiger partial charge in [0.15, 0.2) is 5.65 Å². The van der Waals surface area contributed by atoms with E-state index in [1.54, 1.807) is 10.8 Å². The molecule has 3 aromatic rings. The van der Waals surface area contributed by atoms with E-state index < -0.39 is 10.8 Å². The van der Waals surface area contributed by atoms with Gasteiger partial charge < -0.3 is 11.1 Å². The second-order valence-corrected chi connectivity index (χ2v) is 8.15. The minimum absolute atomic E-state index is 0.572. The molecule has 0 aliphatic carbocycles. The minimum atomic E-state index is -0.746. The van der Waals surface area contributed by atoms with Crippen LogP contribution in [-0.2, 0) is 30.2 Å². The van der Waals surface area contributed by atoms with Gasteiger partial charge in [0.2, 0.25) is 0 Å². The molecule has 3 heterocycles. The molecule has 0 radical (unpaired) electrons. The van der Waals surface area contributed by atoms with Gasteiger partial charge in [-0.2, -0.15) is 14.7 Å². The molecule has 8 nitrogen and oxygen atoms in total. The largest absolute Gasteiger partial charge is 0.383 e. The number of nitrogens with one attached hydrogen (secondary N) is 1. The molecule has 27 heavy (non-hydrogen) atoms. The number of aryl methyl sites for hydroxylation is 3. The maximum atomic E-state index is 11.1. The van der Waals surface area contributed by atoms with Crippen LogP contribution in [-0.4, -0.2) is 47.1 Å². The number of fused-ring (bicyclic) bond motifs is 1. The fourth-order valence-electron chi connectivity index (χ4n) is 3.10. The number of nitrogens with two attached hydrogens (primary N) is 1. The molecule has 1 unspecified atom stereocenters. The maximum absolute atomic E-state index is 11.1. The molecule has 3 aromatic heterocycles. The smallest absolute Gasteiger partial charge is 0.163 e. The Morgan fingerprint density at radius 3 is 2.89 bits per heavy atom. The molecular formula is C18H27N7OS. The Hall–Kier alpha value is -2.42. The molecule has 0 aliphatic rings. The van der Waals surface area contributed by atoms with Crippen LogP contribution in [0.5, 0.6) is 0 Å². The molecule has 0 saturated carbocycles. The van der Waals surface area contributed by atoms with Crippen LogP contribution in [0.3, 0.4) is 0 Å². The third kappa shape index (κ3) is 4.65. The molecule has 0 saturated heterocycles. The molecule has 9 heteroatoms. The van der Waals surface area contributed by atoms with Crippen molar-refractivity contribution in [3.05, 3.63) is 35.3 Å². The Morgan fingerprint density at radius 2 is 2.15 bits per heavy atom. The summed E-state index contributed by atoms with van der Waals surface area (Å²) in [6, 6.07) is 3.83. The first-order valence-corrected chi connectivity index (χ1v) is 10.9. The third-order valence-corrected chi connectivity index (χ3v) is 5.33. The van der Waals surface area contributed by atoms with Crippen LogP contribution in [0.4, 0.5) is 11.6 Å². The number of anilines is 2. The molecule has 1 atom stereocenters. The van der Waals surface area contributed by atoms with Crippen LogP contribution in [0.15, 0.2) is 18.3 Å². The lowest BCUT2D eigenvalue weighted by atomic mass is 10.2. The highest BCUT2D eigenvalue weighted by Crippen LogP contribution is 2.20. The average molecular weight is 390 g/mol. The van der Waals surface area contributed by atoms with Crippen molar-refractivity contribution in [2.75, 3.05) is 29.6 Å². The zero-order valence-corrected chi connectivity index (χ0v) is 16.9. The second-order valence-electron chi connectivity index (χ2n) is 6.60. The van der Waals surface area contributed by atoms with E-state index in [4.69, 9.17) is 5.73 Å². The fourth-order valence-corrected chi connectivity index (χ4v) is 3.64. The van der Waals surface area contributed by atoms with Gasteiger partial charge in [0, 0.05) is 60.1 Å². The number of aromatic nitrogens is 5. The van der Waals surface area contributed by atoms with Crippen molar-refractivity contribution < 1.29 is 4.21 Å². The Balaban J connectivity index is 1.59. The third-order valence-electron chi connectivity index (χ3n) is 4.47. The first-order chi connectivity index (χ1) is 13.0. The van der Waals surface area contributed by atoms with Crippen molar-refractivity contribution in [1.82, 2.24) is 24.4 Å². The topological polar surface area (TPSA) is 103 Å². The van der Waals surface area contributed by atoms with Crippen molar-refractivity contribution in [2.24, 2.45) is 0 Å². The second kappa shape index (κ2) is 8.51. The molecule has 0 amide bonds. The van der Waals surface area contributed by atoms with Crippen molar-refractivity contribution in [2.45, 2.75) is 39.7 Å². The van der Waals surface area contributed by atoms with Crippen molar-refractivity contribution in [1.29, 1.82) is 0 Å². The van der Waals surface area contributed by atoms with E-state index in [-0.39, 0.29) is 0 Å². The summed E-state index contributed by atoms with van der Waals surface area (Å²) >= 11 is 0. The molecule has 0 aliphatic heterocycles. The molecular weight excluding hydrogens is 362 g/mol. The summed E-state index contributed by atoms with van der Waals surface area (Å²) in [5.41, 5.74) is 10.0. The summed E-state index contributed by atoms with van der Waals surface area (Å²) in [5, 5.41) is 12.3. The van der Waals surface area contributed by atoms with E-state index in [1.165, 1.54) is 0 Å². The Bertz CT molecular complexity index is 947. The number of hydrogen-bond donors (Lipinski definition) is 2. The highest BCUT2D eigenvalue weighted by molar-refractivity contribution is 7.84. The van der Waals surface area contributed by atoms with Gasteiger partial charge in [0.1, 0.15) is 11.6 Å². The van der Waals surface area contributed by atoms with Gasteiger partial charge >= 0.3 is 0 Å². The van der Waals surface area contributed by atoms with E-state index in [1.807, 2.05) is 29.9 Å². The number of rotatable bonds is 9. The number of nitrogen functional groups attached to an aromatic ring is 1. The van der Waals surface area contributed by atoms with Crippen LogP contribution in [0.25, 0.3) is 5.65 Å². The molecule has 0 fully saturated rings. The molecule has 3 rings (SSSR count). The quantitative estimate of drug-likeness (QED) is 0.578. The monoisotopic (exact) mass is 389 g/mol. The molecule has 0 spiro atoms. The van der Waals surface area contributed by atoms with Gasteiger partial charge in [0.25, 0.3) is 0 Å². The van der Waals surface area contributed by atoms with E-state index in [2.05, 4.69) is 27.4 Å². The van der Waals surface area contributed by atoms with Gasteiger partial charge in [-0.25, -0.2) is 4.98 Å². The molecule has 0 aromatic carbocycles. The van der Waals surface area contributed by atoms with Crippen LogP contribution in [0, 0.1) is 6.92 Å². The lowest BCUT2D eigenvalue weighted by Gasteiger charge is -2.07. The summed E-state index contributed by atoms with van der Waals surface area (Å²) in [7, 11) is -0.746. The highest BCUT2D eigenvalue weighted by atomic mass is 32.2. The van der Waals surface area contributed by atoms with Crippen molar-refractivity contribution in [3.8, 4) is 0 Å². The predicted molar refractivity (Wildman–Crippen MR) is 109 cm³/mol. The fraction of sp³-hybridized carbons (Fsp3) is 0.500. The summed E-state index contributed by atoms with van der Waals surface area (Å²) < 4.78 is 14.7. The molecule has 3 N–H and O–H groups in total. The van der Waals surface area contributed by atoms with Gasteiger partial charge in [-0.15, -0.1) is 0 Å². The predicted octanol–water partition coefficient (Wildman–Crippen LogP) is 1.80. The van der Waals surface area contributed by atoms with Crippen molar-refractivity contribution >= 4 is 28.1 Å². The van der Waals surface area contributed by atoms with Crippen LogP contribution >= 0.6 is 0 Å². The Morgan fingerprint density at radius 1 is 1.33 bits per heavy atom. The summed E-state index contributed by atoms with van der Waals surface area (Å²) in [6.45, 7) is 5.58. The first kappa shape index (κ1) is 19.3. The van der Waals surface area contributed by atoms with Crippen LogP contribution in [0.1, 0.15) is 30.3 Å². The standard InChI is InChI=1S/C18H27N7OS/c1-4-15-13(2)22-25-16(19)12-17(21-18(15)25)20-8-6-14-7-10-24(23-14)9-5-11-27(3)26/h7,10,12H,4-6,8-9,11,19H2,1-3H3,(H,20,21). The normalized spacial score (nSPS) is 12.6. The minimum Gasteiger partial charge on any atom is -0.383 e. The number of hydrogen-bond acceptors (Lipinski definition) is 6. The van der Waals surface area contributed by atoms with Gasteiger partial charge in [-0.3, -0.25) is 8.89 Å². The van der Waals surface area contributed by atoms with Gasteiger partial charge in [-0.05, 0) is 25.8 Å². The Labute approximate surface area is 161 Å². The SMILES string of the molecule is CCc1c(C)nn2c(N)cc(NCCc3ccn(CCCS(C)=O)n3)nc12. The average Bonchev–Trinajstić information content (AvgIpc) is 3.18. The summed E-state index contributed by atoms with van der Waals surface area (Å²) in [5.74, 6) is 2.03. The zero-order valence-electron chi connectivity index (χ0n) is 16.1. The lowest BCUT2D eigenvalue weighted by molar-refractivity contribution is 0.593. The van der Waals surface area contributed by atoms with E-state index in [0.29, 0.717) is 18.1 Å². The van der Waals surface area contributed by atoms with E-state index in [0.717, 1.165) is 54.2 Å². The zero-order chi connectivity index (χ0) is 19.4. The lowest BCUT2D eigenvalue weighted by Crippen LogP contribution is -2.10. The Kier molecular flexibility index (Phi) is 6.10. The summed E-state index contributed by atoms with van der Waals surface area (Å²) in [6.07, 6.45) is 6.23. The summed E-state index contributed by atoms with van der Waals surface area (Å²) in [4.78, 5) is 4.68. The highest BCUT2D eigenvalue weighted by Gasteiger charge is 2.12. The van der Waals surface area contributed by atoms with E-state index in [9.17, 15) is 4.21 Å². The van der Waals surface area contributed by atoms with Crippen LogP contribution < -0.4 is 11.1 Å². The van der Waals surface area contributed by atoms with Crippen LogP contribution in [0.2, 0.25) is 0 Å². The molecule has 146 valence electrons. The van der Waals surface area contributed by atoms with Gasteiger partial charge in [0.05, 0.1) is 11.4 Å².